The van der Waals surface area contributed by atoms with E-state index >= 15 is 0 Å². The van der Waals surface area contributed by atoms with E-state index in [9.17, 15) is 14.4 Å². The van der Waals surface area contributed by atoms with E-state index in [4.69, 9.17) is 14.2 Å². The molecule has 2 aliphatic heterocycles. The van der Waals surface area contributed by atoms with Gasteiger partial charge >= 0.3 is 6.09 Å². The van der Waals surface area contributed by atoms with E-state index in [0.717, 1.165) is 12.8 Å². The normalized spacial score (nSPS) is 29.1. The number of amides is 2. The lowest BCUT2D eigenvalue weighted by molar-refractivity contribution is -0.123. The molecule has 0 aromatic heterocycles. The highest BCUT2D eigenvalue weighted by atomic mass is 16.6. The fourth-order valence-electron chi connectivity index (χ4n) is 3.41. The Morgan fingerprint density at radius 2 is 1.74 bits per heavy atom. The molecule has 8 heteroatoms. The van der Waals surface area contributed by atoms with Gasteiger partial charge in [-0.1, -0.05) is 0 Å². The van der Waals surface area contributed by atoms with Crippen molar-refractivity contribution in [3.8, 4) is 0 Å². The highest BCUT2D eigenvalue weighted by Crippen LogP contribution is 2.32. The zero-order chi connectivity index (χ0) is 19.0. The lowest BCUT2D eigenvalue weighted by Crippen LogP contribution is -2.45. The maximum Gasteiger partial charge on any atom is 0.412 e. The van der Waals surface area contributed by atoms with Crippen LogP contribution >= 0.6 is 0 Å². The molecule has 4 atom stereocenters. The molecule has 3 fully saturated rings. The molecule has 1 aliphatic carbocycles. The third kappa shape index (κ3) is 3.96. The van der Waals surface area contributed by atoms with Crippen molar-refractivity contribution in [2.75, 3.05) is 18.5 Å². The summed E-state index contributed by atoms with van der Waals surface area (Å²) in [5.41, 5.74) is 1.10. The highest BCUT2D eigenvalue weighted by Gasteiger charge is 2.50. The zero-order valence-corrected chi connectivity index (χ0v) is 15.0. The molecule has 1 saturated carbocycles. The van der Waals surface area contributed by atoms with Gasteiger partial charge in [-0.3, -0.25) is 14.9 Å². The Hall–Kier alpha value is -2.45. The van der Waals surface area contributed by atoms with Gasteiger partial charge in [0, 0.05) is 17.2 Å². The lowest BCUT2D eigenvalue weighted by atomic mass is 10.1. The van der Waals surface area contributed by atoms with Crippen molar-refractivity contribution in [2.45, 2.75) is 44.1 Å². The molecule has 2 saturated heterocycles. The van der Waals surface area contributed by atoms with Crippen molar-refractivity contribution >= 4 is 23.5 Å². The van der Waals surface area contributed by atoms with E-state index in [0.29, 0.717) is 17.9 Å². The second-order valence-electron chi connectivity index (χ2n) is 7.19. The summed E-state index contributed by atoms with van der Waals surface area (Å²) >= 11 is 0. The van der Waals surface area contributed by atoms with Crippen LogP contribution in [0, 0.1) is 5.92 Å². The second-order valence-corrected chi connectivity index (χ2v) is 7.19. The van der Waals surface area contributed by atoms with Gasteiger partial charge in [0.2, 0.25) is 5.91 Å². The van der Waals surface area contributed by atoms with Crippen LogP contribution in [0.1, 0.15) is 30.1 Å². The van der Waals surface area contributed by atoms with E-state index in [2.05, 4.69) is 10.6 Å². The maximum absolute atomic E-state index is 12.2. The van der Waals surface area contributed by atoms with Crippen LogP contribution in [-0.2, 0) is 19.0 Å². The molecule has 3 aliphatic rings. The van der Waals surface area contributed by atoms with Crippen molar-refractivity contribution in [3.05, 3.63) is 29.8 Å². The minimum Gasteiger partial charge on any atom is -0.441 e. The van der Waals surface area contributed by atoms with E-state index in [1.807, 2.05) is 0 Å². The van der Waals surface area contributed by atoms with Crippen molar-refractivity contribution in [1.29, 1.82) is 0 Å². The summed E-state index contributed by atoms with van der Waals surface area (Å²) in [5.74, 6) is 0.127. The molecule has 0 spiro atoms. The first-order valence-corrected chi connectivity index (χ1v) is 9.13. The van der Waals surface area contributed by atoms with Crippen LogP contribution in [0.25, 0.3) is 0 Å². The van der Waals surface area contributed by atoms with Crippen LogP contribution < -0.4 is 10.6 Å². The number of ether oxygens (including phenoxy) is 3. The molecule has 4 rings (SSSR count). The van der Waals surface area contributed by atoms with Crippen LogP contribution in [0.5, 0.6) is 0 Å². The first-order valence-electron chi connectivity index (χ1n) is 9.13. The lowest BCUT2D eigenvalue weighted by Gasteiger charge is -2.18. The third-order valence-electron chi connectivity index (χ3n) is 5.08. The first-order chi connectivity index (χ1) is 13.0. The van der Waals surface area contributed by atoms with E-state index in [-0.39, 0.29) is 42.5 Å². The number of carbonyl (C=O) groups is 3. The average Bonchev–Trinajstić information content (AvgIpc) is 3.32. The topological polar surface area (TPSA) is 103 Å². The minimum absolute atomic E-state index is 0.0417. The molecule has 8 nitrogen and oxygen atoms in total. The SMILES string of the molecule is CC(=O)c1ccc(NC(=O)OC2COC3C(NC(=O)C4CC4)COC23)cc1. The zero-order valence-electron chi connectivity index (χ0n) is 15.0. The van der Waals surface area contributed by atoms with Gasteiger partial charge in [0.25, 0.3) is 0 Å². The minimum atomic E-state index is -0.617. The maximum atomic E-state index is 12.2. The van der Waals surface area contributed by atoms with Gasteiger partial charge in [0.15, 0.2) is 11.9 Å². The van der Waals surface area contributed by atoms with Gasteiger partial charge in [-0.2, -0.15) is 0 Å². The molecule has 1 aromatic carbocycles. The molecule has 2 N–H and O–H groups in total. The molecular weight excluding hydrogens is 352 g/mol. The summed E-state index contributed by atoms with van der Waals surface area (Å²) in [5, 5.41) is 5.60. The van der Waals surface area contributed by atoms with Crippen LogP contribution in [0.4, 0.5) is 10.5 Å². The number of Topliss-reactive ketones (excluding diaryl/α,β-unsaturated/α-hetero) is 1. The van der Waals surface area contributed by atoms with E-state index < -0.39 is 12.2 Å². The van der Waals surface area contributed by atoms with Crippen molar-refractivity contribution in [3.63, 3.8) is 0 Å². The standard InChI is InChI=1S/C19H22N2O6/c1-10(22)11-4-6-13(7-5-11)20-19(24)27-15-9-26-16-14(8-25-17(15)16)21-18(23)12-2-3-12/h4-7,12,14-17H,2-3,8-9H2,1H3,(H,20,24)(H,21,23). The monoisotopic (exact) mass is 374 g/mol. The largest absolute Gasteiger partial charge is 0.441 e. The van der Waals surface area contributed by atoms with Crippen molar-refractivity contribution in [1.82, 2.24) is 5.32 Å². The Bertz CT molecular complexity index is 745. The number of hydrogen-bond acceptors (Lipinski definition) is 6. The number of benzene rings is 1. The van der Waals surface area contributed by atoms with Gasteiger partial charge in [-0.15, -0.1) is 0 Å². The van der Waals surface area contributed by atoms with Crippen molar-refractivity contribution in [2.24, 2.45) is 5.92 Å². The average molecular weight is 374 g/mol. The summed E-state index contributed by atoms with van der Waals surface area (Å²) in [6.07, 6.45) is 0.0327. The van der Waals surface area contributed by atoms with E-state index in [1.165, 1.54) is 6.92 Å². The highest BCUT2D eigenvalue weighted by molar-refractivity contribution is 5.95. The predicted octanol–water partition coefficient (Wildman–Crippen LogP) is 1.50. The molecule has 2 amide bonds. The first kappa shape index (κ1) is 17.9. The smallest absolute Gasteiger partial charge is 0.412 e. The fourth-order valence-corrected chi connectivity index (χ4v) is 3.41. The Kier molecular flexibility index (Phi) is 4.84. The molecule has 27 heavy (non-hydrogen) atoms. The van der Waals surface area contributed by atoms with Crippen molar-refractivity contribution < 1.29 is 28.6 Å². The number of nitrogens with one attached hydrogen (secondary N) is 2. The number of hydrogen-bond donors (Lipinski definition) is 2. The second kappa shape index (κ2) is 7.28. The summed E-state index contributed by atoms with van der Waals surface area (Å²) in [4.78, 5) is 35.4. The summed E-state index contributed by atoms with van der Waals surface area (Å²) in [7, 11) is 0. The van der Waals surface area contributed by atoms with Gasteiger partial charge in [0.1, 0.15) is 12.2 Å². The third-order valence-corrected chi connectivity index (χ3v) is 5.08. The Balaban J connectivity index is 1.29. The Labute approximate surface area is 156 Å². The van der Waals surface area contributed by atoms with Crippen LogP contribution in [-0.4, -0.2) is 55.4 Å². The Morgan fingerprint density at radius 1 is 1.04 bits per heavy atom. The molecule has 0 radical (unpaired) electrons. The van der Waals surface area contributed by atoms with Gasteiger partial charge in [-0.05, 0) is 44.0 Å². The quantitative estimate of drug-likeness (QED) is 0.757. The molecular formula is C19H22N2O6. The molecule has 0 bridgehead atoms. The number of carbonyl (C=O) groups excluding carboxylic acids is 3. The molecule has 4 unspecified atom stereocenters. The van der Waals surface area contributed by atoms with Crippen LogP contribution in [0.3, 0.4) is 0 Å². The molecule has 2 heterocycles. The molecule has 1 aromatic rings. The summed E-state index contributed by atoms with van der Waals surface area (Å²) < 4.78 is 16.9. The van der Waals surface area contributed by atoms with Gasteiger partial charge < -0.3 is 19.5 Å². The van der Waals surface area contributed by atoms with Gasteiger partial charge in [0.05, 0.1) is 19.3 Å². The van der Waals surface area contributed by atoms with Crippen LogP contribution in [0.15, 0.2) is 24.3 Å². The van der Waals surface area contributed by atoms with Crippen LogP contribution in [0.2, 0.25) is 0 Å². The summed E-state index contributed by atoms with van der Waals surface area (Å²) in [6.45, 7) is 2.05. The fraction of sp³-hybridized carbons (Fsp3) is 0.526. The number of fused-ring (bicyclic) bond motifs is 1. The van der Waals surface area contributed by atoms with Gasteiger partial charge in [-0.25, -0.2) is 4.79 Å². The Morgan fingerprint density at radius 3 is 2.41 bits per heavy atom. The number of ketones is 1. The number of rotatable bonds is 5. The summed E-state index contributed by atoms with van der Waals surface area (Å²) in [6, 6.07) is 6.35. The molecule has 144 valence electrons. The predicted molar refractivity (Wildman–Crippen MR) is 94.5 cm³/mol. The van der Waals surface area contributed by atoms with E-state index in [1.54, 1.807) is 24.3 Å². The number of anilines is 1.